The average molecular weight is 372 g/mol. The number of aromatic nitrogens is 2. The molecule has 1 amide bonds. The molecule has 0 fully saturated rings. The lowest BCUT2D eigenvalue weighted by atomic mass is 10.1. The zero-order chi connectivity index (χ0) is 18.7. The Morgan fingerprint density at radius 2 is 2.00 bits per heavy atom. The predicted molar refractivity (Wildman–Crippen MR) is 101 cm³/mol. The molecule has 134 valence electrons. The molecule has 0 radical (unpaired) electrons. The van der Waals surface area contributed by atoms with E-state index in [-0.39, 0.29) is 24.1 Å². The summed E-state index contributed by atoms with van der Waals surface area (Å²) in [6.07, 6.45) is 1.37. The number of hydrogen-bond donors (Lipinski definition) is 1. The fourth-order valence-electron chi connectivity index (χ4n) is 2.65. The summed E-state index contributed by atoms with van der Waals surface area (Å²) in [4.78, 5) is 29.1. The second-order valence-electron chi connectivity index (χ2n) is 5.90. The van der Waals surface area contributed by atoms with Crippen molar-refractivity contribution in [2.45, 2.75) is 19.5 Å². The van der Waals surface area contributed by atoms with Crippen LogP contribution in [0, 0.1) is 0 Å². The van der Waals surface area contributed by atoms with E-state index >= 15 is 0 Å². The third-order valence-electron chi connectivity index (χ3n) is 4.09. The van der Waals surface area contributed by atoms with Crippen molar-refractivity contribution in [1.29, 1.82) is 0 Å². The second kappa shape index (κ2) is 7.58. The van der Waals surface area contributed by atoms with Gasteiger partial charge in [0.25, 0.3) is 5.56 Å². The molecule has 0 bridgehead atoms. The molecule has 0 aliphatic heterocycles. The van der Waals surface area contributed by atoms with Crippen LogP contribution in [0.15, 0.2) is 53.6 Å². The van der Waals surface area contributed by atoms with Crippen LogP contribution in [-0.4, -0.2) is 22.6 Å². The van der Waals surface area contributed by atoms with Crippen LogP contribution in [0.1, 0.15) is 18.5 Å². The zero-order valence-electron chi connectivity index (χ0n) is 14.4. The summed E-state index contributed by atoms with van der Waals surface area (Å²) in [7, 11) is 1.55. The van der Waals surface area contributed by atoms with E-state index < -0.39 is 0 Å². The summed E-state index contributed by atoms with van der Waals surface area (Å²) in [5, 5.41) is 3.94. The van der Waals surface area contributed by atoms with Gasteiger partial charge in [-0.3, -0.25) is 14.2 Å². The van der Waals surface area contributed by atoms with E-state index in [0.717, 1.165) is 5.56 Å². The average Bonchev–Trinajstić information content (AvgIpc) is 2.64. The first-order chi connectivity index (χ1) is 12.5. The van der Waals surface area contributed by atoms with E-state index in [4.69, 9.17) is 16.3 Å². The molecule has 0 saturated carbocycles. The molecule has 1 atom stereocenters. The Labute approximate surface area is 155 Å². The van der Waals surface area contributed by atoms with Crippen molar-refractivity contribution in [3.63, 3.8) is 0 Å². The molecule has 0 aliphatic carbocycles. The Morgan fingerprint density at radius 1 is 1.27 bits per heavy atom. The number of amides is 1. The molecule has 3 aromatic rings. The van der Waals surface area contributed by atoms with Gasteiger partial charge >= 0.3 is 0 Å². The molecule has 1 aromatic heterocycles. The maximum absolute atomic E-state index is 12.5. The zero-order valence-corrected chi connectivity index (χ0v) is 15.2. The van der Waals surface area contributed by atoms with Crippen molar-refractivity contribution in [3.05, 3.63) is 69.7 Å². The standard InChI is InChI=1S/C19H18ClN3O3/c1-12(13-3-5-14(20)6-4-13)22-18(24)10-23-11-21-17-9-15(26-2)7-8-16(17)19(23)25/h3-9,11-12H,10H2,1-2H3,(H,22,24)/t12-/m0/s1. The van der Waals surface area contributed by atoms with Crippen molar-refractivity contribution >= 4 is 28.4 Å². The van der Waals surface area contributed by atoms with Gasteiger partial charge in [0.2, 0.25) is 5.91 Å². The smallest absolute Gasteiger partial charge is 0.261 e. The summed E-state index contributed by atoms with van der Waals surface area (Å²) in [5.74, 6) is 0.348. The van der Waals surface area contributed by atoms with E-state index in [1.54, 1.807) is 37.4 Å². The van der Waals surface area contributed by atoms with Gasteiger partial charge in [-0.1, -0.05) is 23.7 Å². The van der Waals surface area contributed by atoms with Gasteiger partial charge in [-0.05, 0) is 36.8 Å². The third kappa shape index (κ3) is 3.86. The van der Waals surface area contributed by atoms with Crippen molar-refractivity contribution in [2.75, 3.05) is 7.11 Å². The van der Waals surface area contributed by atoms with Crippen molar-refractivity contribution in [2.24, 2.45) is 0 Å². The van der Waals surface area contributed by atoms with Crippen LogP contribution < -0.4 is 15.6 Å². The maximum atomic E-state index is 12.5. The van der Waals surface area contributed by atoms with Gasteiger partial charge in [0.05, 0.1) is 30.4 Å². The Kier molecular flexibility index (Phi) is 5.23. The minimum Gasteiger partial charge on any atom is -0.497 e. The second-order valence-corrected chi connectivity index (χ2v) is 6.34. The first kappa shape index (κ1) is 17.9. The number of halogens is 1. The van der Waals surface area contributed by atoms with Crippen molar-refractivity contribution in [3.8, 4) is 5.75 Å². The van der Waals surface area contributed by atoms with Crippen LogP contribution in [0.4, 0.5) is 0 Å². The monoisotopic (exact) mass is 371 g/mol. The largest absolute Gasteiger partial charge is 0.497 e. The Hall–Kier alpha value is -2.86. The van der Waals surface area contributed by atoms with E-state index in [2.05, 4.69) is 10.3 Å². The third-order valence-corrected chi connectivity index (χ3v) is 4.35. The molecule has 1 N–H and O–H groups in total. The van der Waals surface area contributed by atoms with Crippen molar-refractivity contribution < 1.29 is 9.53 Å². The van der Waals surface area contributed by atoms with Crippen LogP contribution in [0.2, 0.25) is 5.02 Å². The Morgan fingerprint density at radius 3 is 2.69 bits per heavy atom. The highest BCUT2D eigenvalue weighted by Gasteiger charge is 2.12. The lowest BCUT2D eigenvalue weighted by molar-refractivity contribution is -0.122. The molecule has 2 aromatic carbocycles. The lowest BCUT2D eigenvalue weighted by Gasteiger charge is -2.15. The molecule has 0 unspecified atom stereocenters. The quantitative estimate of drug-likeness (QED) is 0.748. The number of hydrogen-bond acceptors (Lipinski definition) is 4. The molecule has 0 saturated heterocycles. The minimum absolute atomic E-state index is 0.105. The summed E-state index contributed by atoms with van der Waals surface area (Å²) in [6, 6.07) is 12.1. The highest BCUT2D eigenvalue weighted by molar-refractivity contribution is 6.30. The van der Waals surface area contributed by atoms with Crippen LogP contribution in [-0.2, 0) is 11.3 Å². The number of carbonyl (C=O) groups is 1. The highest BCUT2D eigenvalue weighted by atomic mass is 35.5. The van der Waals surface area contributed by atoms with Crippen molar-refractivity contribution in [1.82, 2.24) is 14.9 Å². The van der Waals surface area contributed by atoms with Crippen LogP contribution in [0.3, 0.4) is 0 Å². The summed E-state index contributed by atoms with van der Waals surface area (Å²) < 4.78 is 6.42. The van der Waals surface area contributed by atoms with Gasteiger partial charge in [0, 0.05) is 11.1 Å². The summed E-state index contributed by atoms with van der Waals surface area (Å²) in [5.41, 5.74) is 1.19. The van der Waals surface area contributed by atoms with E-state index in [1.807, 2.05) is 19.1 Å². The molecular weight excluding hydrogens is 354 g/mol. The first-order valence-electron chi connectivity index (χ1n) is 8.06. The van der Waals surface area contributed by atoms with Gasteiger partial charge in [-0.25, -0.2) is 4.98 Å². The number of benzene rings is 2. The topological polar surface area (TPSA) is 73.2 Å². The maximum Gasteiger partial charge on any atom is 0.261 e. The number of fused-ring (bicyclic) bond motifs is 1. The molecular formula is C19H18ClN3O3. The fourth-order valence-corrected chi connectivity index (χ4v) is 2.78. The molecule has 7 heteroatoms. The van der Waals surface area contributed by atoms with Gasteiger partial charge in [0.15, 0.2) is 0 Å². The molecule has 1 heterocycles. The summed E-state index contributed by atoms with van der Waals surface area (Å²) >= 11 is 5.87. The first-order valence-corrected chi connectivity index (χ1v) is 8.44. The van der Waals surface area contributed by atoms with Crippen LogP contribution in [0.25, 0.3) is 10.9 Å². The molecule has 6 nitrogen and oxygen atoms in total. The number of nitrogens with one attached hydrogen (secondary N) is 1. The Bertz CT molecular complexity index is 999. The highest BCUT2D eigenvalue weighted by Crippen LogP contribution is 2.17. The SMILES string of the molecule is COc1ccc2c(=O)n(CC(=O)N[C@@H](C)c3ccc(Cl)cc3)cnc2c1. The fraction of sp³-hybridized carbons (Fsp3) is 0.211. The number of nitrogens with zero attached hydrogens (tertiary/aromatic N) is 2. The Balaban J connectivity index is 1.75. The lowest BCUT2D eigenvalue weighted by Crippen LogP contribution is -2.33. The van der Waals surface area contributed by atoms with Crippen LogP contribution >= 0.6 is 11.6 Å². The molecule has 3 rings (SSSR count). The van der Waals surface area contributed by atoms with Gasteiger partial charge in [0.1, 0.15) is 12.3 Å². The van der Waals surface area contributed by atoms with Gasteiger partial charge in [-0.2, -0.15) is 0 Å². The molecule has 0 aliphatic rings. The molecule has 0 spiro atoms. The number of carbonyl (C=O) groups excluding carboxylic acids is 1. The minimum atomic E-state index is -0.274. The van der Waals surface area contributed by atoms with Gasteiger partial charge in [-0.15, -0.1) is 0 Å². The predicted octanol–water partition coefficient (Wildman–Crippen LogP) is 2.94. The number of ether oxygens (including phenoxy) is 1. The van der Waals surface area contributed by atoms with Gasteiger partial charge < -0.3 is 10.1 Å². The molecule has 26 heavy (non-hydrogen) atoms. The normalized spacial score (nSPS) is 12.0. The summed E-state index contributed by atoms with van der Waals surface area (Å²) in [6.45, 7) is 1.76. The van der Waals surface area contributed by atoms with Crippen LogP contribution in [0.5, 0.6) is 5.75 Å². The van der Waals surface area contributed by atoms with E-state index in [0.29, 0.717) is 21.7 Å². The number of methoxy groups -OCH3 is 1. The number of rotatable bonds is 5. The van der Waals surface area contributed by atoms with E-state index in [1.165, 1.54) is 10.9 Å². The van der Waals surface area contributed by atoms with E-state index in [9.17, 15) is 9.59 Å².